The molecule has 1 aliphatic heterocycles. The third kappa shape index (κ3) is 0.983. The van der Waals surface area contributed by atoms with Gasteiger partial charge in [-0.1, -0.05) is 12.1 Å². The van der Waals surface area contributed by atoms with Gasteiger partial charge < -0.3 is 16.2 Å². The second-order valence-electron chi connectivity index (χ2n) is 3.03. The quantitative estimate of drug-likeness (QED) is 0.527. The van der Waals surface area contributed by atoms with Crippen molar-refractivity contribution in [2.75, 3.05) is 12.3 Å². The molecule has 4 N–H and O–H groups in total. The molecule has 0 saturated heterocycles. The molecule has 0 unspecified atom stereocenters. The number of fused-ring (bicyclic) bond motifs is 1. The largest absolute Gasteiger partial charge is 0.398 e. The van der Waals surface area contributed by atoms with Gasteiger partial charge >= 0.3 is 0 Å². The van der Waals surface area contributed by atoms with Gasteiger partial charge in [0.1, 0.15) is 0 Å². The fourth-order valence-corrected chi connectivity index (χ4v) is 1.65. The van der Waals surface area contributed by atoms with Crippen LogP contribution >= 0.6 is 0 Å². The Bertz CT molecular complexity index is 299. The van der Waals surface area contributed by atoms with Crippen LogP contribution in [0.4, 0.5) is 5.69 Å². The molecule has 0 aliphatic carbocycles. The molecule has 64 valence electrons. The highest BCUT2D eigenvalue weighted by atomic mass is 16.3. The van der Waals surface area contributed by atoms with Crippen molar-refractivity contribution in [3.63, 3.8) is 0 Å². The molecule has 1 heterocycles. The van der Waals surface area contributed by atoms with E-state index in [0.29, 0.717) is 0 Å². The van der Waals surface area contributed by atoms with Gasteiger partial charge in [0.2, 0.25) is 0 Å². The Balaban J connectivity index is 2.46. The van der Waals surface area contributed by atoms with E-state index in [4.69, 9.17) is 10.8 Å². The van der Waals surface area contributed by atoms with Gasteiger partial charge in [0.05, 0.1) is 12.6 Å². The topological polar surface area (TPSA) is 58.3 Å². The first kappa shape index (κ1) is 7.58. The summed E-state index contributed by atoms with van der Waals surface area (Å²) >= 11 is 0. The zero-order chi connectivity index (χ0) is 8.55. The Morgan fingerprint density at radius 1 is 1.58 bits per heavy atom. The molecule has 2 rings (SSSR count). The smallest absolute Gasteiger partial charge is 0.0626 e. The van der Waals surface area contributed by atoms with E-state index in [2.05, 4.69) is 5.32 Å². The van der Waals surface area contributed by atoms with Crippen LogP contribution in [0.15, 0.2) is 18.2 Å². The number of anilines is 1. The fourth-order valence-electron chi connectivity index (χ4n) is 1.65. The van der Waals surface area contributed by atoms with Crippen molar-refractivity contribution in [1.29, 1.82) is 0 Å². The van der Waals surface area contributed by atoms with E-state index >= 15 is 0 Å². The van der Waals surface area contributed by atoms with Crippen LogP contribution in [-0.4, -0.2) is 11.7 Å². The van der Waals surface area contributed by atoms with Crippen molar-refractivity contribution in [2.45, 2.75) is 12.6 Å². The number of nitrogen functional groups attached to an aromatic ring is 1. The van der Waals surface area contributed by atoms with E-state index in [1.54, 1.807) is 0 Å². The van der Waals surface area contributed by atoms with Gasteiger partial charge in [-0.05, 0) is 17.2 Å². The molecular formula is C9H12N2O. The van der Waals surface area contributed by atoms with E-state index in [1.165, 1.54) is 0 Å². The van der Waals surface area contributed by atoms with Gasteiger partial charge in [0.25, 0.3) is 0 Å². The molecule has 3 heteroatoms. The highest BCUT2D eigenvalue weighted by Crippen LogP contribution is 2.28. The van der Waals surface area contributed by atoms with E-state index < -0.39 is 0 Å². The van der Waals surface area contributed by atoms with Gasteiger partial charge in [0.15, 0.2) is 0 Å². The van der Waals surface area contributed by atoms with Crippen molar-refractivity contribution in [2.24, 2.45) is 0 Å². The maximum atomic E-state index is 9.00. The van der Waals surface area contributed by atoms with Crippen LogP contribution in [-0.2, 0) is 6.54 Å². The summed E-state index contributed by atoms with van der Waals surface area (Å²) in [7, 11) is 0. The van der Waals surface area contributed by atoms with Crippen LogP contribution in [0.3, 0.4) is 0 Å². The van der Waals surface area contributed by atoms with Crippen LogP contribution in [0.2, 0.25) is 0 Å². The van der Waals surface area contributed by atoms with Gasteiger partial charge in [-0.15, -0.1) is 0 Å². The highest BCUT2D eigenvalue weighted by molar-refractivity contribution is 5.53. The summed E-state index contributed by atoms with van der Waals surface area (Å²) in [5.74, 6) is 0. The number of aliphatic hydroxyl groups is 1. The number of benzene rings is 1. The van der Waals surface area contributed by atoms with E-state index in [0.717, 1.165) is 23.4 Å². The molecular weight excluding hydrogens is 152 g/mol. The molecule has 0 aromatic heterocycles. The first-order valence-corrected chi connectivity index (χ1v) is 4.04. The molecule has 0 bridgehead atoms. The summed E-state index contributed by atoms with van der Waals surface area (Å²) in [5.41, 5.74) is 8.86. The first-order chi connectivity index (χ1) is 5.83. The van der Waals surface area contributed by atoms with Crippen LogP contribution < -0.4 is 11.1 Å². The summed E-state index contributed by atoms with van der Waals surface area (Å²) in [6.45, 7) is 0.906. The summed E-state index contributed by atoms with van der Waals surface area (Å²) < 4.78 is 0. The molecule has 0 spiro atoms. The lowest BCUT2D eigenvalue weighted by Gasteiger charge is -2.07. The number of aliphatic hydroxyl groups excluding tert-OH is 1. The fraction of sp³-hybridized carbons (Fsp3) is 0.333. The minimum absolute atomic E-state index is 0.0727. The standard InChI is InChI=1S/C9H12N2O/c10-8-3-1-2-6-7(8)4-11-9(6)5-12/h1-3,9,11-12H,4-5,10H2/t9-/m1/s1. The molecule has 0 fully saturated rings. The van der Waals surface area contributed by atoms with Gasteiger partial charge in [-0.3, -0.25) is 0 Å². The second-order valence-corrected chi connectivity index (χ2v) is 3.03. The summed E-state index contributed by atoms with van der Waals surface area (Å²) in [5, 5.41) is 12.2. The van der Waals surface area contributed by atoms with Crippen molar-refractivity contribution in [3.8, 4) is 0 Å². The zero-order valence-corrected chi connectivity index (χ0v) is 6.75. The predicted molar refractivity (Wildman–Crippen MR) is 47.5 cm³/mol. The van der Waals surface area contributed by atoms with E-state index in [1.807, 2.05) is 18.2 Å². The monoisotopic (exact) mass is 164 g/mol. The van der Waals surface area contributed by atoms with Gasteiger partial charge in [-0.2, -0.15) is 0 Å². The lowest BCUT2D eigenvalue weighted by molar-refractivity contribution is 0.251. The third-order valence-corrected chi connectivity index (χ3v) is 2.33. The summed E-state index contributed by atoms with van der Waals surface area (Å²) in [6, 6.07) is 5.89. The molecule has 1 aromatic carbocycles. The summed E-state index contributed by atoms with van der Waals surface area (Å²) in [4.78, 5) is 0. The Hall–Kier alpha value is -1.06. The van der Waals surface area contributed by atoms with Crippen molar-refractivity contribution < 1.29 is 5.11 Å². The SMILES string of the molecule is Nc1cccc2c1CN[C@@H]2CO. The third-order valence-electron chi connectivity index (χ3n) is 2.33. The average Bonchev–Trinajstić information content (AvgIpc) is 2.49. The number of hydrogen-bond donors (Lipinski definition) is 3. The van der Waals surface area contributed by atoms with Gasteiger partial charge in [0, 0.05) is 12.2 Å². The normalized spacial score (nSPS) is 20.9. The van der Waals surface area contributed by atoms with Gasteiger partial charge in [-0.25, -0.2) is 0 Å². The summed E-state index contributed by atoms with van der Waals surface area (Å²) in [6.07, 6.45) is 0. The van der Waals surface area contributed by atoms with Crippen LogP contribution in [0.25, 0.3) is 0 Å². The number of nitrogens with two attached hydrogens (primary N) is 1. The zero-order valence-electron chi connectivity index (χ0n) is 6.75. The van der Waals surface area contributed by atoms with Crippen molar-refractivity contribution >= 4 is 5.69 Å². The molecule has 12 heavy (non-hydrogen) atoms. The molecule has 0 amide bonds. The lowest BCUT2D eigenvalue weighted by atomic mass is 10.0. The molecule has 1 atom stereocenters. The van der Waals surface area contributed by atoms with E-state index in [-0.39, 0.29) is 12.6 Å². The Kier molecular flexibility index (Phi) is 1.75. The number of nitrogens with one attached hydrogen (secondary N) is 1. The molecule has 0 radical (unpaired) electrons. The minimum atomic E-state index is 0.0727. The average molecular weight is 164 g/mol. The van der Waals surface area contributed by atoms with Crippen molar-refractivity contribution in [1.82, 2.24) is 5.32 Å². The predicted octanol–water partition coefficient (Wildman–Crippen LogP) is 0.405. The maximum absolute atomic E-state index is 9.00. The highest BCUT2D eigenvalue weighted by Gasteiger charge is 2.21. The second kappa shape index (κ2) is 2.77. The molecule has 3 nitrogen and oxygen atoms in total. The Morgan fingerprint density at radius 3 is 3.17 bits per heavy atom. The van der Waals surface area contributed by atoms with Crippen LogP contribution in [0.1, 0.15) is 17.2 Å². The minimum Gasteiger partial charge on any atom is -0.398 e. The Morgan fingerprint density at radius 2 is 2.42 bits per heavy atom. The molecule has 1 aromatic rings. The van der Waals surface area contributed by atoms with Crippen molar-refractivity contribution in [3.05, 3.63) is 29.3 Å². The lowest BCUT2D eigenvalue weighted by Crippen LogP contribution is -2.15. The van der Waals surface area contributed by atoms with Crippen LogP contribution in [0.5, 0.6) is 0 Å². The number of rotatable bonds is 1. The maximum Gasteiger partial charge on any atom is 0.0626 e. The van der Waals surface area contributed by atoms with E-state index in [9.17, 15) is 0 Å². The molecule has 0 saturated carbocycles. The number of hydrogen-bond acceptors (Lipinski definition) is 3. The first-order valence-electron chi connectivity index (χ1n) is 4.04. The van der Waals surface area contributed by atoms with Crippen LogP contribution in [0, 0.1) is 0 Å². The molecule has 1 aliphatic rings. The Labute approximate surface area is 71.2 Å².